The molecule has 0 amide bonds. The third kappa shape index (κ3) is 1.77. The maximum absolute atomic E-state index is 12.9. The van der Waals surface area contributed by atoms with E-state index in [0.29, 0.717) is 0 Å². The maximum atomic E-state index is 12.9. The Balaban J connectivity index is 2.28. The number of aliphatic hydroxyl groups excluding tert-OH is 1. The van der Waals surface area contributed by atoms with Crippen molar-refractivity contribution in [3.8, 4) is 0 Å². The van der Waals surface area contributed by atoms with Gasteiger partial charge in [-0.3, -0.25) is 0 Å². The predicted molar refractivity (Wildman–Crippen MR) is 54.0 cm³/mol. The number of hydrogen-bond donors (Lipinski definition) is 1. The van der Waals surface area contributed by atoms with Crippen molar-refractivity contribution in [3.63, 3.8) is 0 Å². The zero-order valence-corrected chi connectivity index (χ0v) is 8.47. The minimum Gasteiger partial charge on any atom is -0.392 e. The lowest BCUT2D eigenvalue weighted by Gasteiger charge is -2.14. The minimum absolute atomic E-state index is 0.132. The largest absolute Gasteiger partial charge is 0.392 e. The first-order valence-corrected chi connectivity index (χ1v) is 5.19. The van der Waals surface area contributed by atoms with E-state index >= 15 is 0 Å². The molecule has 1 saturated carbocycles. The summed E-state index contributed by atoms with van der Waals surface area (Å²) >= 11 is 5.68. The summed E-state index contributed by atoms with van der Waals surface area (Å²) in [5.74, 6) is -0.268. The van der Waals surface area contributed by atoms with E-state index in [1.165, 1.54) is 6.07 Å². The van der Waals surface area contributed by atoms with Crippen LogP contribution in [0.1, 0.15) is 30.7 Å². The Morgan fingerprint density at radius 1 is 1.36 bits per heavy atom. The summed E-state index contributed by atoms with van der Waals surface area (Å²) in [6, 6.07) is 4.69. The highest BCUT2D eigenvalue weighted by Gasteiger charge is 2.26. The van der Waals surface area contributed by atoms with Crippen LogP contribution in [0.4, 0.5) is 4.39 Å². The highest BCUT2D eigenvalue weighted by Crippen LogP contribution is 2.35. The van der Waals surface area contributed by atoms with Gasteiger partial charge < -0.3 is 5.11 Å². The van der Waals surface area contributed by atoms with Crippen molar-refractivity contribution >= 4 is 11.6 Å². The summed E-state index contributed by atoms with van der Waals surface area (Å²) < 4.78 is 12.9. The van der Waals surface area contributed by atoms with Crippen LogP contribution in [0.25, 0.3) is 0 Å². The third-order valence-corrected chi connectivity index (χ3v) is 3.14. The third-order valence-electron chi connectivity index (χ3n) is 2.85. The zero-order valence-electron chi connectivity index (χ0n) is 7.71. The molecule has 0 heterocycles. The monoisotopic (exact) mass is 214 g/mol. The van der Waals surface area contributed by atoms with Crippen molar-refractivity contribution in [2.24, 2.45) is 0 Å². The highest BCUT2D eigenvalue weighted by molar-refractivity contribution is 6.30. The summed E-state index contributed by atoms with van der Waals surface area (Å²) in [5.41, 5.74) is 0.946. The molecule has 1 N–H and O–H groups in total. The van der Waals surface area contributed by atoms with Crippen LogP contribution in [0, 0.1) is 5.82 Å². The smallest absolute Gasteiger partial charge is 0.141 e. The molecule has 1 aromatic rings. The van der Waals surface area contributed by atoms with Crippen LogP contribution in [-0.2, 0) is 0 Å². The fourth-order valence-electron chi connectivity index (χ4n) is 2.07. The normalized spacial score (nSPS) is 26.8. The minimum atomic E-state index is -0.400. The van der Waals surface area contributed by atoms with Gasteiger partial charge in [0, 0.05) is 5.92 Å². The molecule has 1 aliphatic rings. The van der Waals surface area contributed by atoms with Crippen molar-refractivity contribution in [2.45, 2.75) is 31.3 Å². The van der Waals surface area contributed by atoms with Gasteiger partial charge in [0.2, 0.25) is 0 Å². The van der Waals surface area contributed by atoms with E-state index in [1.807, 2.05) is 0 Å². The van der Waals surface area contributed by atoms with Crippen LogP contribution >= 0.6 is 11.6 Å². The van der Waals surface area contributed by atoms with Crippen molar-refractivity contribution in [3.05, 3.63) is 34.6 Å². The van der Waals surface area contributed by atoms with Crippen molar-refractivity contribution < 1.29 is 9.50 Å². The molecular weight excluding hydrogens is 203 g/mol. The van der Waals surface area contributed by atoms with Gasteiger partial charge in [-0.05, 0) is 30.5 Å². The fourth-order valence-corrected chi connectivity index (χ4v) is 2.26. The summed E-state index contributed by atoms with van der Waals surface area (Å²) in [5, 5.41) is 9.81. The average Bonchev–Trinajstić information content (AvgIpc) is 2.57. The molecule has 14 heavy (non-hydrogen) atoms. The number of hydrogen-bond acceptors (Lipinski definition) is 1. The lowest BCUT2D eigenvalue weighted by molar-refractivity contribution is 0.164. The van der Waals surface area contributed by atoms with Gasteiger partial charge >= 0.3 is 0 Å². The molecule has 2 unspecified atom stereocenters. The molecule has 0 spiro atoms. The number of rotatable bonds is 1. The maximum Gasteiger partial charge on any atom is 0.141 e. The van der Waals surface area contributed by atoms with Crippen LogP contribution in [0.5, 0.6) is 0 Å². The van der Waals surface area contributed by atoms with E-state index in [2.05, 4.69) is 0 Å². The van der Waals surface area contributed by atoms with Crippen molar-refractivity contribution in [1.29, 1.82) is 0 Å². The second-order valence-corrected chi connectivity index (χ2v) is 4.19. The number of aliphatic hydroxyl groups is 1. The molecule has 1 aliphatic carbocycles. The van der Waals surface area contributed by atoms with Crippen LogP contribution < -0.4 is 0 Å². The van der Waals surface area contributed by atoms with Crippen LogP contribution in [0.2, 0.25) is 5.02 Å². The Morgan fingerprint density at radius 2 is 2.14 bits per heavy atom. The van der Waals surface area contributed by atoms with Crippen LogP contribution in [0.3, 0.4) is 0 Å². The van der Waals surface area contributed by atoms with Crippen LogP contribution in [-0.4, -0.2) is 11.2 Å². The summed E-state index contributed by atoms with van der Waals surface area (Å²) in [6.45, 7) is 0. The second-order valence-electron chi connectivity index (χ2n) is 3.78. The molecule has 1 fully saturated rings. The molecule has 0 aliphatic heterocycles. The lowest BCUT2D eigenvalue weighted by atomic mass is 9.96. The quantitative estimate of drug-likeness (QED) is 0.762. The SMILES string of the molecule is OC1CCCC1c1ccc(F)c(Cl)c1. The first kappa shape index (κ1) is 9.94. The molecule has 0 saturated heterocycles. The Hall–Kier alpha value is -0.600. The standard InChI is InChI=1S/C11H12ClFO/c12-9-6-7(4-5-10(9)13)8-2-1-3-11(8)14/h4-6,8,11,14H,1-3H2. The van der Waals surface area contributed by atoms with E-state index in [1.54, 1.807) is 12.1 Å². The Labute approximate surface area is 87.5 Å². The van der Waals surface area contributed by atoms with Gasteiger partial charge in [-0.1, -0.05) is 24.1 Å². The van der Waals surface area contributed by atoms with Crippen LogP contribution in [0.15, 0.2) is 18.2 Å². The zero-order chi connectivity index (χ0) is 10.1. The van der Waals surface area contributed by atoms with Gasteiger partial charge in [0.1, 0.15) is 5.82 Å². The molecule has 2 rings (SSSR count). The topological polar surface area (TPSA) is 20.2 Å². The molecule has 0 aromatic heterocycles. The number of benzene rings is 1. The van der Waals surface area contributed by atoms with Gasteiger partial charge in [-0.2, -0.15) is 0 Å². The molecule has 76 valence electrons. The average molecular weight is 215 g/mol. The van der Waals surface area contributed by atoms with Crippen molar-refractivity contribution in [2.75, 3.05) is 0 Å². The van der Waals surface area contributed by atoms with E-state index in [4.69, 9.17) is 11.6 Å². The number of halogens is 2. The lowest BCUT2D eigenvalue weighted by Crippen LogP contribution is -2.10. The van der Waals surface area contributed by atoms with E-state index < -0.39 is 5.82 Å². The highest BCUT2D eigenvalue weighted by atomic mass is 35.5. The Bertz CT molecular complexity index is 340. The summed E-state index contributed by atoms with van der Waals surface area (Å²) in [7, 11) is 0. The van der Waals surface area contributed by atoms with Gasteiger partial charge in [0.15, 0.2) is 0 Å². The van der Waals surface area contributed by atoms with E-state index in [9.17, 15) is 9.50 Å². The Kier molecular flexibility index (Phi) is 2.75. The predicted octanol–water partition coefficient (Wildman–Crippen LogP) is 3.11. The molecule has 2 atom stereocenters. The Morgan fingerprint density at radius 3 is 2.71 bits per heavy atom. The molecule has 1 aromatic carbocycles. The molecular formula is C11H12ClFO. The molecule has 0 bridgehead atoms. The van der Waals surface area contributed by atoms with Gasteiger partial charge in [-0.25, -0.2) is 4.39 Å². The molecule has 0 radical (unpaired) electrons. The fraction of sp³-hybridized carbons (Fsp3) is 0.455. The van der Waals surface area contributed by atoms with Gasteiger partial charge in [0.25, 0.3) is 0 Å². The van der Waals surface area contributed by atoms with Gasteiger partial charge in [0.05, 0.1) is 11.1 Å². The van der Waals surface area contributed by atoms with E-state index in [0.717, 1.165) is 24.8 Å². The summed E-state index contributed by atoms with van der Waals surface area (Å²) in [6.07, 6.45) is 2.53. The van der Waals surface area contributed by atoms with Gasteiger partial charge in [-0.15, -0.1) is 0 Å². The summed E-state index contributed by atoms with van der Waals surface area (Å²) in [4.78, 5) is 0. The first-order chi connectivity index (χ1) is 6.68. The molecule has 3 heteroatoms. The van der Waals surface area contributed by atoms with Crippen molar-refractivity contribution in [1.82, 2.24) is 0 Å². The molecule has 1 nitrogen and oxygen atoms in total. The van der Waals surface area contributed by atoms with E-state index in [-0.39, 0.29) is 17.0 Å². The first-order valence-electron chi connectivity index (χ1n) is 4.81. The second kappa shape index (κ2) is 3.87.